The number of benzene rings is 1. The molecule has 0 atom stereocenters. The number of ether oxygens (including phenoxy) is 2. The molecule has 0 unspecified atom stereocenters. The van der Waals surface area contributed by atoms with Gasteiger partial charge in [0.05, 0.1) is 25.0 Å². The Morgan fingerprint density at radius 2 is 2.00 bits per heavy atom. The lowest BCUT2D eigenvalue weighted by atomic mass is 10.1. The first-order valence-corrected chi connectivity index (χ1v) is 7.70. The average molecular weight is 327 g/mol. The highest BCUT2D eigenvalue weighted by Crippen LogP contribution is 2.20. The first-order valence-electron chi connectivity index (χ1n) is 7.70. The molecule has 1 aromatic heterocycles. The third kappa shape index (κ3) is 3.74. The van der Waals surface area contributed by atoms with E-state index >= 15 is 0 Å². The van der Waals surface area contributed by atoms with Crippen molar-refractivity contribution in [1.82, 2.24) is 4.98 Å². The average Bonchev–Trinajstić information content (AvgIpc) is 2.87. The molecule has 0 aliphatic heterocycles. The Hall–Kier alpha value is -2.82. The number of hydrogen-bond donors (Lipinski definition) is 1. The van der Waals surface area contributed by atoms with E-state index in [1.807, 2.05) is 24.3 Å². The number of ketones is 1. The quantitative estimate of drug-likeness (QED) is 0.499. The highest BCUT2D eigenvalue weighted by molar-refractivity contribution is 6.08. The van der Waals surface area contributed by atoms with Crippen molar-refractivity contribution in [3.05, 3.63) is 58.4 Å². The second kappa shape index (κ2) is 7.64. The fourth-order valence-corrected chi connectivity index (χ4v) is 2.51. The number of carbonyl (C=O) groups is 2. The van der Waals surface area contributed by atoms with Crippen LogP contribution in [0.5, 0.6) is 5.75 Å². The molecule has 0 radical (unpaired) electrons. The Kier molecular flexibility index (Phi) is 5.58. The largest absolute Gasteiger partial charge is 0.497 e. The Morgan fingerprint density at radius 1 is 1.25 bits per heavy atom. The van der Waals surface area contributed by atoms with Crippen molar-refractivity contribution >= 4 is 17.8 Å². The smallest absolute Gasteiger partial charge is 0.340 e. The van der Waals surface area contributed by atoms with Crippen LogP contribution in [0, 0.1) is 13.8 Å². The normalized spacial score (nSPS) is 10.8. The third-order valence-corrected chi connectivity index (χ3v) is 3.68. The summed E-state index contributed by atoms with van der Waals surface area (Å²) in [5.74, 6) is 0.106. The minimum Gasteiger partial charge on any atom is -0.497 e. The summed E-state index contributed by atoms with van der Waals surface area (Å²) in [5.41, 5.74) is 2.91. The number of methoxy groups -OCH3 is 1. The van der Waals surface area contributed by atoms with Crippen LogP contribution in [0.25, 0.3) is 6.08 Å². The first-order chi connectivity index (χ1) is 11.5. The summed E-state index contributed by atoms with van der Waals surface area (Å²) in [7, 11) is 1.59. The predicted octanol–water partition coefficient (Wildman–Crippen LogP) is 3.71. The molecule has 0 saturated heterocycles. The Bertz CT molecular complexity index is 787. The molecule has 0 spiro atoms. The van der Waals surface area contributed by atoms with Gasteiger partial charge in [-0.2, -0.15) is 0 Å². The van der Waals surface area contributed by atoms with Gasteiger partial charge in [-0.25, -0.2) is 4.79 Å². The van der Waals surface area contributed by atoms with Gasteiger partial charge in [-0.1, -0.05) is 18.2 Å². The van der Waals surface area contributed by atoms with Crippen LogP contribution in [0.4, 0.5) is 0 Å². The monoisotopic (exact) mass is 327 g/mol. The van der Waals surface area contributed by atoms with E-state index in [4.69, 9.17) is 9.47 Å². The van der Waals surface area contributed by atoms with E-state index in [2.05, 4.69) is 4.98 Å². The highest BCUT2D eigenvalue weighted by atomic mass is 16.5. The molecule has 5 heteroatoms. The standard InChI is InChI=1S/C19H21NO4/c1-5-24-19(22)17-12(2)18(20-13(17)3)16(21)10-9-14-7-6-8-15(11-14)23-4/h6-11,20H,5H2,1-4H3/b10-9+. The lowest BCUT2D eigenvalue weighted by Crippen LogP contribution is -2.07. The van der Waals surface area contributed by atoms with Gasteiger partial charge >= 0.3 is 5.97 Å². The van der Waals surface area contributed by atoms with Gasteiger partial charge < -0.3 is 14.5 Å². The van der Waals surface area contributed by atoms with Gasteiger partial charge in [-0.3, -0.25) is 4.79 Å². The van der Waals surface area contributed by atoms with E-state index in [9.17, 15) is 9.59 Å². The van der Waals surface area contributed by atoms with Crippen molar-refractivity contribution in [3.63, 3.8) is 0 Å². The number of aryl methyl sites for hydroxylation is 1. The third-order valence-electron chi connectivity index (χ3n) is 3.68. The van der Waals surface area contributed by atoms with Crippen molar-refractivity contribution in [2.75, 3.05) is 13.7 Å². The second-order valence-electron chi connectivity index (χ2n) is 5.32. The molecule has 0 saturated carbocycles. The topological polar surface area (TPSA) is 68.4 Å². The lowest BCUT2D eigenvalue weighted by Gasteiger charge is -2.02. The summed E-state index contributed by atoms with van der Waals surface area (Å²) < 4.78 is 10.2. The zero-order chi connectivity index (χ0) is 17.7. The van der Waals surface area contributed by atoms with Gasteiger partial charge in [0.2, 0.25) is 5.78 Å². The summed E-state index contributed by atoms with van der Waals surface area (Å²) in [4.78, 5) is 27.4. The summed E-state index contributed by atoms with van der Waals surface area (Å²) in [6, 6.07) is 7.40. The van der Waals surface area contributed by atoms with Gasteiger partial charge in [0.15, 0.2) is 0 Å². The molecular weight excluding hydrogens is 306 g/mol. The maximum Gasteiger partial charge on any atom is 0.340 e. The number of allylic oxidation sites excluding steroid dienone is 1. The molecule has 2 aromatic rings. The molecular formula is C19H21NO4. The number of H-pyrrole nitrogens is 1. The predicted molar refractivity (Wildman–Crippen MR) is 92.6 cm³/mol. The van der Waals surface area contributed by atoms with Crippen LogP contribution in [0.2, 0.25) is 0 Å². The maximum atomic E-state index is 12.4. The van der Waals surface area contributed by atoms with Crippen LogP contribution in [0.15, 0.2) is 30.3 Å². The Balaban J connectivity index is 2.25. The maximum absolute atomic E-state index is 12.4. The number of aromatic amines is 1. The number of rotatable bonds is 6. The molecule has 2 rings (SSSR count). The summed E-state index contributed by atoms with van der Waals surface area (Å²) in [5, 5.41) is 0. The van der Waals surface area contributed by atoms with Crippen LogP contribution in [0.1, 0.15) is 44.6 Å². The van der Waals surface area contributed by atoms with Crippen molar-refractivity contribution in [2.24, 2.45) is 0 Å². The van der Waals surface area contributed by atoms with Crippen molar-refractivity contribution in [2.45, 2.75) is 20.8 Å². The molecule has 1 aromatic carbocycles. The van der Waals surface area contributed by atoms with Crippen LogP contribution >= 0.6 is 0 Å². The van der Waals surface area contributed by atoms with Gasteiger partial charge in [0.25, 0.3) is 0 Å². The van der Waals surface area contributed by atoms with Gasteiger partial charge in [0, 0.05) is 5.69 Å². The number of carbonyl (C=O) groups excluding carboxylic acids is 2. The fourth-order valence-electron chi connectivity index (χ4n) is 2.51. The second-order valence-corrected chi connectivity index (χ2v) is 5.32. The minimum absolute atomic E-state index is 0.200. The van der Waals surface area contributed by atoms with E-state index < -0.39 is 5.97 Å². The fraction of sp³-hybridized carbons (Fsp3) is 0.263. The molecule has 1 heterocycles. The highest BCUT2D eigenvalue weighted by Gasteiger charge is 2.21. The van der Waals surface area contributed by atoms with Crippen LogP contribution in [0.3, 0.4) is 0 Å². The summed E-state index contributed by atoms with van der Waals surface area (Å²) >= 11 is 0. The molecule has 0 fully saturated rings. The van der Waals surface area contributed by atoms with Crippen LogP contribution in [-0.2, 0) is 4.74 Å². The van der Waals surface area contributed by atoms with Gasteiger partial charge in [-0.15, -0.1) is 0 Å². The minimum atomic E-state index is -0.417. The zero-order valence-corrected chi connectivity index (χ0v) is 14.3. The van der Waals surface area contributed by atoms with Gasteiger partial charge in [0.1, 0.15) is 5.75 Å². The Labute approximate surface area is 141 Å². The van der Waals surface area contributed by atoms with Crippen molar-refractivity contribution < 1.29 is 19.1 Å². The summed E-state index contributed by atoms with van der Waals surface area (Å²) in [6.07, 6.45) is 3.19. The van der Waals surface area contributed by atoms with Gasteiger partial charge in [-0.05, 0) is 50.1 Å². The van der Waals surface area contributed by atoms with E-state index in [0.717, 1.165) is 11.3 Å². The lowest BCUT2D eigenvalue weighted by molar-refractivity contribution is 0.0525. The van der Waals surface area contributed by atoms with E-state index in [-0.39, 0.29) is 5.78 Å². The first kappa shape index (κ1) is 17.5. The van der Waals surface area contributed by atoms with E-state index in [1.165, 1.54) is 6.08 Å². The van der Waals surface area contributed by atoms with E-state index in [0.29, 0.717) is 29.1 Å². The molecule has 0 bridgehead atoms. The van der Waals surface area contributed by atoms with Crippen molar-refractivity contribution in [1.29, 1.82) is 0 Å². The molecule has 1 N–H and O–H groups in total. The van der Waals surface area contributed by atoms with Crippen LogP contribution < -0.4 is 4.74 Å². The molecule has 126 valence electrons. The molecule has 0 aliphatic rings. The molecule has 5 nitrogen and oxygen atoms in total. The Morgan fingerprint density at radius 3 is 2.67 bits per heavy atom. The van der Waals surface area contributed by atoms with E-state index in [1.54, 1.807) is 34.0 Å². The molecule has 0 amide bonds. The molecule has 0 aliphatic carbocycles. The zero-order valence-electron chi connectivity index (χ0n) is 14.3. The SMILES string of the molecule is CCOC(=O)c1c(C)[nH]c(C(=O)/C=C/c2cccc(OC)c2)c1C. The number of aromatic nitrogens is 1. The van der Waals surface area contributed by atoms with Crippen molar-refractivity contribution in [3.8, 4) is 5.75 Å². The number of hydrogen-bond acceptors (Lipinski definition) is 4. The number of nitrogens with one attached hydrogen (secondary N) is 1. The summed E-state index contributed by atoms with van der Waals surface area (Å²) in [6.45, 7) is 5.53. The molecule has 24 heavy (non-hydrogen) atoms. The van der Waals surface area contributed by atoms with Crippen LogP contribution in [-0.4, -0.2) is 30.5 Å². The number of esters is 1.